The van der Waals surface area contributed by atoms with Crippen LogP contribution in [0, 0.1) is 28.5 Å². The fourth-order valence-electron chi connectivity index (χ4n) is 4.77. The first-order valence-corrected chi connectivity index (χ1v) is 10.9. The van der Waals surface area contributed by atoms with E-state index in [1.165, 1.54) is 16.7 Å². The predicted molar refractivity (Wildman–Crippen MR) is 124 cm³/mol. The number of aromatic nitrogens is 2. The third-order valence-electron chi connectivity index (χ3n) is 6.61. The molecule has 1 aliphatic heterocycles. The number of fused-ring (bicyclic) bond motifs is 1. The summed E-state index contributed by atoms with van der Waals surface area (Å²) < 4.78 is 14.8. The molecule has 8 heteroatoms. The van der Waals surface area contributed by atoms with Gasteiger partial charge in [-0.2, -0.15) is 10.5 Å². The van der Waals surface area contributed by atoms with Crippen molar-refractivity contribution in [1.82, 2.24) is 14.5 Å². The minimum Gasteiger partial charge on any atom is -0.363 e. The highest BCUT2D eigenvalue weighted by Gasteiger charge is 2.35. The Morgan fingerprint density at radius 1 is 1.06 bits per heavy atom. The summed E-state index contributed by atoms with van der Waals surface area (Å²) in [7, 11) is 1.61. The minimum atomic E-state index is -0.381. The number of pyridine rings is 2. The van der Waals surface area contributed by atoms with Crippen LogP contribution in [-0.4, -0.2) is 39.6 Å². The smallest absolute Gasteiger partial charge is 0.270 e. The second kappa shape index (κ2) is 8.65. The van der Waals surface area contributed by atoms with Crippen LogP contribution in [0.15, 0.2) is 41.2 Å². The number of hydrogen-bond donors (Lipinski definition) is 0. The van der Waals surface area contributed by atoms with E-state index in [4.69, 9.17) is 0 Å². The number of aryl methyl sites for hydroxylation is 1. The van der Waals surface area contributed by atoms with E-state index in [-0.39, 0.29) is 40.8 Å². The molecule has 0 N–H and O–H groups in total. The summed E-state index contributed by atoms with van der Waals surface area (Å²) in [6, 6.07) is 14.1. The van der Waals surface area contributed by atoms with Crippen LogP contribution in [0.25, 0.3) is 11.0 Å². The van der Waals surface area contributed by atoms with Crippen molar-refractivity contribution in [2.45, 2.75) is 38.9 Å². The molecule has 1 fully saturated rings. The van der Waals surface area contributed by atoms with Gasteiger partial charge >= 0.3 is 0 Å². The molecule has 1 unspecified atom stereocenters. The molecule has 0 aliphatic carbocycles. The summed E-state index contributed by atoms with van der Waals surface area (Å²) in [5.74, 6) is -0.261. The van der Waals surface area contributed by atoms with Crippen LogP contribution in [0.2, 0.25) is 0 Å². The van der Waals surface area contributed by atoms with Gasteiger partial charge in [0, 0.05) is 38.3 Å². The second-order valence-electron chi connectivity index (χ2n) is 8.65. The molecule has 1 aliphatic rings. The molecule has 1 aromatic carbocycles. The quantitative estimate of drug-likeness (QED) is 0.615. The second-order valence-corrected chi connectivity index (χ2v) is 8.65. The van der Waals surface area contributed by atoms with Crippen LogP contribution in [0.5, 0.6) is 0 Å². The first kappa shape index (κ1) is 22.4. The van der Waals surface area contributed by atoms with Gasteiger partial charge in [0.1, 0.15) is 34.7 Å². The number of nitrogens with zero attached hydrogens (tertiary/aromatic N) is 6. The van der Waals surface area contributed by atoms with Gasteiger partial charge in [-0.3, -0.25) is 9.69 Å². The van der Waals surface area contributed by atoms with E-state index in [2.05, 4.69) is 47.7 Å². The maximum Gasteiger partial charge on any atom is 0.270 e. The molecule has 1 saturated heterocycles. The van der Waals surface area contributed by atoms with Crippen molar-refractivity contribution in [1.29, 1.82) is 10.5 Å². The molecule has 4 rings (SSSR count). The Morgan fingerprint density at radius 3 is 2.39 bits per heavy atom. The summed E-state index contributed by atoms with van der Waals surface area (Å²) in [6.07, 6.45) is 0. The van der Waals surface area contributed by atoms with Gasteiger partial charge in [-0.15, -0.1) is 0 Å². The lowest BCUT2D eigenvalue weighted by Gasteiger charge is -2.48. The molecule has 0 spiro atoms. The maximum absolute atomic E-state index is 13.4. The fraction of sp³-hybridized carbons (Fsp3) is 0.360. The number of nitriles is 2. The maximum atomic E-state index is 13.4. The monoisotopic (exact) mass is 444 g/mol. The Balaban J connectivity index is 1.78. The molecule has 3 atom stereocenters. The average Bonchev–Trinajstić information content (AvgIpc) is 2.82. The van der Waals surface area contributed by atoms with Crippen LogP contribution in [0.4, 0.5) is 10.1 Å². The number of anilines is 1. The number of piperazine rings is 1. The van der Waals surface area contributed by atoms with E-state index in [0.29, 0.717) is 29.8 Å². The number of halogens is 1. The van der Waals surface area contributed by atoms with Gasteiger partial charge in [0.25, 0.3) is 5.56 Å². The minimum absolute atomic E-state index is 0.0287. The lowest BCUT2D eigenvalue weighted by atomic mass is 9.99. The largest absolute Gasteiger partial charge is 0.363 e. The van der Waals surface area contributed by atoms with Crippen molar-refractivity contribution in [3.63, 3.8) is 0 Å². The normalized spacial score (nSPS) is 19.8. The molecule has 3 heterocycles. The fourth-order valence-corrected chi connectivity index (χ4v) is 4.77. The zero-order chi connectivity index (χ0) is 23.9. The zero-order valence-corrected chi connectivity index (χ0v) is 19.1. The predicted octanol–water partition coefficient (Wildman–Crippen LogP) is 3.48. The van der Waals surface area contributed by atoms with Gasteiger partial charge in [0.2, 0.25) is 0 Å². The van der Waals surface area contributed by atoms with E-state index in [1.54, 1.807) is 31.3 Å². The SMILES string of the molecule is CC(c1ccc(F)cc1)N1C[C@H](C)N(c2c(C#N)c(=O)n(C)c3ccc(C#N)nc23)C[C@H]1C. The molecule has 33 heavy (non-hydrogen) atoms. The number of rotatable bonds is 3. The third kappa shape index (κ3) is 3.83. The van der Waals surface area contributed by atoms with E-state index < -0.39 is 0 Å². The Morgan fingerprint density at radius 2 is 1.76 bits per heavy atom. The van der Waals surface area contributed by atoms with Crippen molar-refractivity contribution in [3.05, 3.63) is 69.4 Å². The standard InChI is InChI=1S/C25H25FN6O/c1-15-14-32(16(2)13-31(15)17(3)18-5-7-19(26)8-6-18)24-21(12-28)25(33)30(4)22-10-9-20(11-27)29-23(22)24/h5-10,15-17H,13-14H2,1-4H3/t15-,16+,17?/m1/s1. The van der Waals surface area contributed by atoms with E-state index in [0.717, 1.165) is 5.56 Å². The lowest BCUT2D eigenvalue weighted by Crippen LogP contribution is -2.57. The molecule has 7 nitrogen and oxygen atoms in total. The van der Waals surface area contributed by atoms with Crippen molar-refractivity contribution in [3.8, 4) is 12.1 Å². The van der Waals surface area contributed by atoms with Gasteiger partial charge in [0.15, 0.2) is 0 Å². The van der Waals surface area contributed by atoms with Crippen molar-refractivity contribution < 1.29 is 4.39 Å². The van der Waals surface area contributed by atoms with Gasteiger partial charge in [0.05, 0.1) is 11.2 Å². The topological polar surface area (TPSA) is 89.0 Å². The summed E-state index contributed by atoms with van der Waals surface area (Å²) in [5.41, 5.74) is 2.46. The molecule has 0 bridgehead atoms. The highest BCUT2D eigenvalue weighted by molar-refractivity contribution is 5.92. The number of hydrogen-bond acceptors (Lipinski definition) is 6. The van der Waals surface area contributed by atoms with Gasteiger partial charge in [-0.1, -0.05) is 12.1 Å². The van der Waals surface area contributed by atoms with Crippen molar-refractivity contribution >= 4 is 16.7 Å². The van der Waals surface area contributed by atoms with Crippen LogP contribution >= 0.6 is 0 Å². The molecule has 0 saturated carbocycles. The van der Waals surface area contributed by atoms with Crippen molar-refractivity contribution in [2.75, 3.05) is 18.0 Å². The summed E-state index contributed by atoms with van der Waals surface area (Å²) in [4.78, 5) is 21.9. The van der Waals surface area contributed by atoms with E-state index in [1.807, 2.05) is 0 Å². The van der Waals surface area contributed by atoms with Crippen LogP contribution in [0.3, 0.4) is 0 Å². The Labute approximate surface area is 191 Å². The zero-order valence-electron chi connectivity index (χ0n) is 19.1. The van der Waals surface area contributed by atoms with E-state index in [9.17, 15) is 19.7 Å². The van der Waals surface area contributed by atoms with E-state index >= 15 is 0 Å². The number of benzene rings is 1. The van der Waals surface area contributed by atoms with Crippen LogP contribution < -0.4 is 10.5 Å². The Kier molecular flexibility index (Phi) is 5.88. The van der Waals surface area contributed by atoms with Crippen LogP contribution in [0.1, 0.15) is 43.6 Å². The van der Waals surface area contributed by atoms with Crippen molar-refractivity contribution in [2.24, 2.45) is 7.05 Å². The third-order valence-corrected chi connectivity index (χ3v) is 6.61. The summed E-state index contributed by atoms with van der Waals surface area (Å²) in [5, 5.41) is 19.3. The molecule has 0 radical (unpaired) electrons. The molecule has 3 aromatic rings. The average molecular weight is 445 g/mol. The lowest BCUT2D eigenvalue weighted by molar-refractivity contribution is 0.119. The molecular weight excluding hydrogens is 419 g/mol. The molecule has 2 aromatic heterocycles. The molecule has 168 valence electrons. The first-order chi connectivity index (χ1) is 15.8. The van der Waals surface area contributed by atoms with Gasteiger partial charge < -0.3 is 9.47 Å². The van der Waals surface area contributed by atoms with Crippen LogP contribution in [-0.2, 0) is 7.05 Å². The Hall–Kier alpha value is -3.75. The Bertz CT molecular complexity index is 1350. The highest BCUT2D eigenvalue weighted by Crippen LogP contribution is 2.34. The molecular formula is C25H25FN6O. The summed E-state index contributed by atoms with van der Waals surface area (Å²) in [6.45, 7) is 7.50. The van der Waals surface area contributed by atoms with Gasteiger partial charge in [-0.25, -0.2) is 9.37 Å². The van der Waals surface area contributed by atoms with Gasteiger partial charge in [-0.05, 0) is 50.6 Å². The molecule has 0 amide bonds. The highest BCUT2D eigenvalue weighted by atomic mass is 19.1. The first-order valence-electron chi connectivity index (χ1n) is 10.9. The summed E-state index contributed by atoms with van der Waals surface area (Å²) >= 11 is 0.